The number of hydrogen-bond acceptors (Lipinski definition) is 2. The molecule has 0 bridgehead atoms. The lowest BCUT2D eigenvalue weighted by molar-refractivity contribution is -0.115. The number of amides is 1. The molecule has 27 heavy (non-hydrogen) atoms. The van der Waals surface area contributed by atoms with Gasteiger partial charge in [0.05, 0.1) is 19.2 Å². The highest BCUT2D eigenvalue weighted by atomic mass is 16.5. The third kappa shape index (κ3) is 3.55. The fourth-order valence-electron chi connectivity index (χ4n) is 3.26. The second-order valence-electron chi connectivity index (χ2n) is 6.35. The largest absolute Gasteiger partial charge is 0.496 e. The molecule has 0 saturated carbocycles. The van der Waals surface area contributed by atoms with E-state index in [0.29, 0.717) is 0 Å². The molecule has 0 aliphatic carbocycles. The van der Waals surface area contributed by atoms with Gasteiger partial charge in [0, 0.05) is 27.7 Å². The lowest BCUT2D eigenvalue weighted by atomic mass is 10.1. The van der Waals surface area contributed by atoms with Crippen LogP contribution in [0.3, 0.4) is 0 Å². The van der Waals surface area contributed by atoms with Gasteiger partial charge in [0.1, 0.15) is 5.75 Å². The van der Waals surface area contributed by atoms with Crippen LogP contribution in [0.5, 0.6) is 5.75 Å². The van der Waals surface area contributed by atoms with Crippen molar-refractivity contribution in [1.29, 1.82) is 0 Å². The van der Waals surface area contributed by atoms with Crippen LogP contribution in [0, 0.1) is 0 Å². The number of carbonyl (C=O) groups is 1. The average molecular weight is 356 g/mol. The SMILES string of the molecule is COc1ccccc1CC(=O)Nc1ccccc1-c1cc2ccccc2[nH]1. The molecule has 0 atom stereocenters. The van der Waals surface area contributed by atoms with Crippen molar-refractivity contribution >= 4 is 22.5 Å². The lowest BCUT2D eigenvalue weighted by Gasteiger charge is -2.11. The standard InChI is InChI=1S/C23H20N2O2/c1-27-22-13-7-3-9-17(22)15-23(26)25-20-12-6-4-10-18(20)21-14-16-8-2-5-11-19(16)24-21/h2-14,24H,15H2,1H3,(H,25,26). The lowest BCUT2D eigenvalue weighted by Crippen LogP contribution is -2.15. The summed E-state index contributed by atoms with van der Waals surface area (Å²) in [6.07, 6.45) is 0.255. The van der Waals surface area contributed by atoms with Crippen molar-refractivity contribution in [2.24, 2.45) is 0 Å². The summed E-state index contributed by atoms with van der Waals surface area (Å²) in [4.78, 5) is 16.1. The molecule has 2 N–H and O–H groups in total. The van der Waals surface area contributed by atoms with Gasteiger partial charge < -0.3 is 15.0 Å². The van der Waals surface area contributed by atoms with Gasteiger partial charge in [-0.3, -0.25) is 4.79 Å². The Labute approximate surface area is 157 Å². The number of nitrogens with one attached hydrogen (secondary N) is 2. The molecule has 0 aliphatic rings. The fraction of sp³-hybridized carbons (Fsp3) is 0.0870. The molecule has 0 saturated heterocycles. The maximum atomic E-state index is 12.6. The maximum Gasteiger partial charge on any atom is 0.228 e. The summed E-state index contributed by atoms with van der Waals surface area (Å²) in [6, 6.07) is 25.6. The van der Waals surface area contributed by atoms with Crippen LogP contribution in [0.25, 0.3) is 22.2 Å². The van der Waals surface area contributed by atoms with E-state index in [1.807, 2.05) is 66.7 Å². The number of rotatable bonds is 5. The van der Waals surface area contributed by atoms with Crippen LogP contribution in [-0.2, 0) is 11.2 Å². The van der Waals surface area contributed by atoms with E-state index in [1.165, 1.54) is 0 Å². The van der Waals surface area contributed by atoms with E-state index in [9.17, 15) is 4.79 Å². The predicted octanol–water partition coefficient (Wildman–Crippen LogP) is 5.02. The van der Waals surface area contributed by atoms with Crippen molar-refractivity contribution in [2.45, 2.75) is 6.42 Å². The van der Waals surface area contributed by atoms with Crippen molar-refractivity contribution in [2.75, 3.05) is 12.4 Å². The van der Waals surface area contributed by atoms with Gasteiger partial charge in [0.15, 0.2) is 0 Å². The van der Waals surface area contributed by atoms with Crippen molar-refractivity contribution in [3.05, 3.63) is 84.4 Å². The van der Waals surface area contributed by atoms with Crippen LogP contribution in [0.2, 0.25) is 0 Å². The Morgan fingerprint density at radius 2 is 1.70 bits per heavy atom. The Hall–Kier alpha value is -3.53. The zero-order valence-corrected chi connectivity index (χ0v) is 15.0. The number of fused-ring (bicyclic) bond motifs is 1. The molecule has 134 valence electrons. The molecule has 0 fully saturated rings. The van der Waals surface area contributed by atoms with Crippen molar-refractivity contribution in [3.63, 3.8) is 0 Å². The van der Waals surface area contributed by atoms with E-state index in [0.717, 1.165) is 39.2 Å². The average Bonchev–Trinajstić information content (AvgIpc) is 3.13. The van der Waals surface area contributed by atoms with Crippen molar-refractivity contribution in [1.82, 2.24) is 4.98 Å². The van der Waals surface area contributed by atoms with Gasteiger partial charge in [0.2, 0.25) is 5.91 Å². The van der Waals surface area contributed by atoms with Gasteiger partial charge >= 0.3 is 0 Å². The number of anilines is 1. The number of methoxy groups -OCH3 is 1. The summed E-state index contributed by atoms with van der Waals surface area (Å²) in [7, 11) is 1.61. The number of hydrogen-bond donors (Lipinski definition) is 2. The van der Waals surface area contributed by atoms with Crippen LogP contribution >= 0.6 is 0 Å². The summed E-state index contributed by atoms with van der Waals surface area (Å²) < 4.78 is 5.34. The molecule has 1 aromatic heterocycles. The monoisotopic (exact) mass is 356 g/mol. The first kappa shape index (κ1) is 16.9. The second-order valence-corrected chi connectivity index (χ2v) is 6.35. The molecule has 4 heteroatoms. The third-order valence-electron chi connectivity index (χ3n) is 4.56. The first-order valence-electron chi connectivity index (χ1n) is 8.83. The number of aromatic nitrogens is 1. The molecule has 3 aromatic carbocycles. The van der Waals surface area contributed by atoms with Crippen LogP contribution < -0.4 is 10.1 Å². The molecular formula is C23H20N2O2. The van der Waals surface area contributed by atoms with Crippen LogP contribution in [0.1, 0.15) is 5.56 Å². The third-order valence-corrected chi connectivity index (χ3v) is 4.56. The van der Waals surface area contributed by atoms with Crippen LogP contribution in [-0.4, -0.2) is 18.0 Å². The summed E-state index contributed by atoms with van der Waals surface area (Å²) in [5.41, 5.74) is 4.65. The topological polar surface area (TPSA) is 54.1 Å². The first-order chi connectivity index (χ1) is 13.2. The molecule has 0 aliphatic heterocycles. The second kappa shape index (κ2) is 7.38. The maximum absolute atomic E-state index is 12.6. The number of ether oxygens (including phenoxy) is 1. The minimum atomic E-state index is -0.0805. The number of aromatic amines is 1. The van der Waals surface area contributed by atoms with E-state index in [-0.39, 0.29) is 12.3 Å². The van der Waals surface area contributed by atoms with Crippen LogP contribution in [0.15, 0.2) is 78.9 Å². The normalized spacial score (nSPS) is 10.7. The van der Waals surface area contributed by atoms with Gasteiger partial charge in [-0.15, -0.1) is 0 Å². The summed E-state index contributed by atoms with van der Waals surface area (Å²) in [5.74, 6) is 0.639. The van der Waals surface area contributed by atoms with Crippen molar-refractivity contribution in [3.8, 4) is 17.0 Å². The Balaban J connectivity index is 1.60. The summed E-state index contributed by atoms with van der Waals surface area (Å²) >= 11 is 0. The van der Waals surface area contributed by atoms with E-state index in [2.05, 4.69) is 22.4 Å². The van der Waals surface area contributed by atoms with Gasteiger partial charge in [0.25, 0.3) is 0 Å². The molecular weight excluding hydrogens is 336 g/mol. The Kier molecular flexibility index (Phi) is 4.62. The molecule has 1 heterocycles. The fourth-order valence-corrected chi connectivity index (χ4v) is 3.26. The molecule has 0 radical (unpaired) electrons. The smallest absolute Gasteiger partial charge is 0.228 e. The number of benzene rings is 3. The number of carbonyl (C=O) groups excluding carboxylic acids is 1. The number of H-pyrrole nitrogens is 1. The Morgan fingerprint density at radius 1 is 0.963 bits per heavy atom. The van der Waals surface area contributed by atoms with Gasteiger partial charge in [-0.1, -0.05) is 54.6 Å². The molecule has 0 spiro atoms. The van der Waals surface area contributed by atoms with Gasteiger partial charge in [-0.05, 0) is 24.3 Å². The zero-order valence-electron chi connectivity index (χ0n) is 15.0. The molecule has 4 rings (SSSR count). The van der Waals surface area contributed by atoms with E-state index < -0.39 is 0 Å². The van der Waals surface area contributed by atoms with Gasteiger partial charge in [-0.2, -0.15) is 0 Å². The van der Waals surface area contributed by atoms with E-state index in [1.54, 1.807) is 7.11 Å². The first-order valence-corrected chi connectivity index (χ1v) is 8.83. The number of para-hydroxylation sites is 3. The highest BCUT2D eigenvalue weighted by molar-refractivity contribution is 5.97. The molecule has 0 unspecified atom stereocenters. The minimum Gasteiger partial charge on any atom is -0.496 e. The molecule has 1 amide bonds. The highest BCUT2D eigenvalue weighted by Crippen LogP contribution is 2.30. The Morgan fingerprint density at radius 3 is 2.56 bits per heavy atom. The van der Waals surface area contributed by atoms with Crippen molar-refractivity contribution < 1.29 is 9.53 Å². The Bertz CT molecular complexity index is 1070. The van der Waals surface area contributed by atoms with Crippen LogP contribution in [0.4, 0.5) is 5.69 Å². The molecule has 4 nitrogen and oxygen atoms in total. The highest BCUT2D eigenvalue weighted by Gasteiger charge is 2.12. The molecule has 4 aromatic rings. The predicted molar refractivity (Wildman–Crippen MR) is 109 cm³/mol. The zero-order chi connectivity index (χ0) is 18.6. The summed E-state index contributed by atoms with van der Waals surface area (Å²) in [5, 5.41) is 4.18. The minimum absolute atomic E-state index is 0.0805. The van der Waals surface area contributed by atoms with E-state index >= 15 is 0 Å². The van der Waals surface area contributed by atoms with Gasteiger partial charge in [-0.25, -0.2) is 0 Å². The summed E-state index contributed by atoms with van der Waals surface area (Å²) in [6.45, 7) is 0. The quantitative estimate of drug-likeness (QED) is 0.527. The van der Waals surface area contributed by atoms with E-state index in [4.69, 9.17) is 4.74 Å².